The van der Waals surface area contributed by atoms with Crippen LogP contribution in [0.15, 0.2) is 23.1 Å². The van der Waals surface area contributed by atoms with Crippen LogP contribution in [0.2, 0.25) is 0 Å². The van der Waals surface area contributed by atoms with E-state index in [-0.39, 0.29) is 12.5 Å². The molecule has 0 aromatic heterocycles. The molecular formula is C15H20N2O3S. The quantitative estimate of drug-likeness (QED) is 0.542. The summed E-state index contributed by atoms with van der Waals surface area (Å²) in [5.41, 5.74) is 1.31. The van der Waals surface area contributed by atoms with Crippen molar-refractivity contribution >= 4 is 23.4 Å². The van der Waals surface area contributed by atoms with Gasteiger partial charge in [0.15, 0.2) is 0 Å². The van der Waals surface area contributed by atoms with Crippen molar-refractivity contribution in [2.24, 2.45) is 0 Å². The van der Waals surface area contributed by atoms with E-state index in [0.29, 0.717) is 25.3 Å². The van der Waals surface area contributed by atoms with Gasteiger partial charge in [-0.25, -0.2) is 0 Å². The van der Waals surface area contributed by atoms with Gasteiger partial charge in [-0.2, -0.15) is 5.26 Å². The van der Waals surface area contributed by atoms with Crippen LogP contribution in [0.3, 0.4) is 0 Å². The van der Waals surface area contributed by atoms with Crippen molar-refractivity contribution in [1.29, 1.82) is 5.26 Å². The van der Waals surface area contributed by atoms with Crippen LogP contribution in [0, 0.1) is 11.3 Å². The monoisotopic (exact) mass is 308 g/mol. The molecule has 1 aromatic rings. The van der Waals surface area contributed by atoms with E-state index in [4.69, 9.17) is 9.47 Å². The zero-order chi connectivity index (χ0) is 15.7. The summed E-state index contributed by atoms with van der Waals surface area (Å²) in [5.74, 6) is -0.313. The van der Waals surface area contributed by atoms with E-state index in [2.05, 4.69) is 6.07 Å². The molecule has 0 atom stereocenters. The number of esters is 1. The molecule has 0 fully saturated rings. The van der Waals surface area contributed by atoms with Gasteiger partial charge in [0.1, 0.15) is 12.6 Å². The molecule has 1 aromatic carbocycles. The Morgan fingerprint density at radius 1 is 1.48 bits per heavy atom. The van der Waals surface area contributed by atoms with Gasteiger partial charge in [0, 0.05) is 18.6 Å². The number of hydrogen-bond acceptors (Lipinski definition) is 6. The molecule has 0 amide bonds. The molecule has 0 saturated carbocycles. The number of rotatable bonds is 8. The van der Waals surface area contributed by atoms with Crippen molar-refractivity contribution in [2.45, 2.75) is 11.8 Å². The molecule has 0 spiro atoms. The fourth-order valence-electron chi connectivity index (χ4n) is 1.91. The maximum atomic E-state index is 11.8. The molecule has 0 aliphatic carbocycles. The number of anilines is 1. The molecule has 0 N–H and O–H groups in total. The lowest BCUT2D eigenvalue weighted by Gasteiger charge is -2.25. The first-order valence-electron chi connectivity index (χ1n) is 6.64. The molecule has 0 bridgehead atoms. The third-order valence-electron chi connectivity index (χ3n) is 2.87. The minimum absolute atomic E-state index is 0.101. The molecular weight excluding hydrogens is 288 g/mol. The summed E-state index contributed by atoms with van der Waals surface area (Å²) in [7, 11) is 1.60. The fraction of sp³-hybridized carbons (Fsp3) is 0.467. The van der Waals surface area contributed by atoms with Crippen LogP contribution in [0.4, 0.5) is 5.69 Å². The van der Waals surface area contributed by atoms with Gasteiger partial charge in [0.05, 0.1) is 24.5 Å². The molecule has 0 heterocycles. The third kappa shape index (κ3) is 4.96. The standard InChI is InChI=1S/C15H20N2O3S/c1-4-20-15(18)11-17(8-9-19-2)13-6-5-7-14(21-3)12(13)10-16/h5-7H,4,8-9,11H2,1-3H3. The first-order valence-corrected chi connectivity index (χ1v) is 7.87. The third-order valence-corrected chi connectivity index (χ3v) is 3.65. The van der Waals surface area contributed by atoms with Gasteiger partial charge in [-0.1, -0.05) is 6.07 Å². The zero-order valence-electron chi connectivity index (χ0n) is 12.6. The summed E-state index contributed by atoms with van der Waals surface area (Å²) < 4.78 is 10.1. The topological polar surface area (TPSA) is 62.6 Å². The van der Waals surface area contributed by atoms with Crippen molar-refractivity contribution < 1.29 is 14.3 Å². The number of carbonyl (C=O) groups excluding carboxylic acids is 1. The second-order valence-electron chi connectivity index (χ2n) is 4.19. The fourth-order valence-corrected chi connectivity index (χ4v) is 2.48. The number of methoxy groups -OCH3 is 1. The zero-order valence-corrected chi connectivity index (χ0v) is 13.4. The van der Waals surface area contributed by atoms with Crippen LogP contribution in [0.1, 0.15) is 12.5 Å². The Hall–Kier alpha value is -1.71. The maximum absolute atomic E-state index is 11.8. The van der Waals surface area contributed by atoms with Crippen molar-refractivity contribution in [3.05, 3.63) is 23.8 Å². The summed E-state index contributed by atoms with van der Waals surface area (Å²) in [4.78, 5) is 14.5. The molecule has 0 aliphatic heterocycles. The second kappa shape index (κ2) is 9.27. The van der Waals surface area contributed by atoms with E-state index < -0.39 is 0 Å². The normalized spacial score (nSPS) is 10.0. The molecule has 5 nitrogen and oxygen atoms in total. The van der Waals surface area contributed by atoms with Crippen molar-refractivity contribution in [3.8, 4) is 6.07 Å². The molecule has 6 heteroatoms. The van der Waals surface area contributed by atoms with Crippen LogP contribution in [-0.4, -0.2) is 45.6 Å². The van der Waals surface area contributed by atoms with E-state index >= 15 is 0 Å². The van der Waals surface area contributed by atoms with Crippen LogP contribution < -0.4 is 4.90 Å². The Kier molecular flexibility index (Phi) is 7.65. The highest BCUT2D eigenvalue weighted by Crippen LogP contribution is 2.28. The van der Waals surface area contributed by atoms with Crippen LogP contribution in [0.25, 0.3) is 0 Å². The summed E-state index contributed by atoms with van der Waals surface area (Å²) >= 11 is 1.51. The Morgan fingerprint density at radius 2 is 2.24 bits per heavy atom. The molecule has 114 valence electrons. The number of carbonyl (C=O) groups is 1. The van der Waals surface area contributed by atoms with E-state index in [1.165, 1.54) is 11.8 Å². The van der Waals surface area contributed by atoms with Gasteiger partial charge in [0.25, 0.3) is 0 Å². The lowest BCUT2D eigenvalue weighted by atomic mass is 10.1. The minimum Gasteiger partial charge on any atom is -0.465 e. The van der Waals surface area contributed by atoms with E-state index in [1.54, 1.807) is 14.0 Å². The predicted octanol–water partition coefficient (Wildman–Crippen LogP) is 2.30. The minimum atomic E-state index is -0.313. The van der Waals surface area contributed by atoms with E-state index in [1.807, 2.05) is 29.4 Å². The average Bonchev–Trinajstić information content (AvgIpc) is 2.50. The average molecular weight is 308 g/mol. The van der Waals surface area contributed by atoms with Gasteiger partial charge in [0.2, 0.25) is 0 Å². The molecule has 0 saturated heterocycles. The number of nitrogens with zero attached hydrogens (tertiary/aromatic N) is 2. The van der Waals surface area contributed by atoms with Gasteiger partial charge in [-0.3, -0.25) is 4.79 Å². The van der Waals surface area contributed by atoms with E-state index in [0.717, 1.165) is 10.6 Å². The Balaban J connectivity index is 3.07. The van der Waals surface area contributed by atoms with Crippen molar-refractivity contribution in [2.75, 3.05) is 44.6 Å². The number of ether oxygens (including phenoxy) is 2. The van der Waals surface area contributed by atoms with Crippen molar-refractivity contribution in [1.82, 2.24) is 0 Å². The smallest absolute Gasteiger partial charge is 0.325 e. The number of hydrogen-bond donors (Lipinski definition) is 0. The van der Waals surface area contributed by atoms with Gasteiger partial charge in [-0.05, 0) is 25.3 Å². The molecule has 0 radical (unpaired) electrons. The molecule has 21 heavy (non-hydrogen) atoms. The van der Waals surface area contributed by atoms with Crippen LogP contribution in [-0.2, 0) is 14.3 Å². The number of nitriles is 1. The molecule has 1 rings (SSSR count). The summed E-state index contributed by atoms with van der Waals surface area (Å²) in [6, 6.07) is 7.84. The SMILES string of the molecule is CCOC(=O)CN(CCOC)c1cccc(SC)c1C#N. The van der Waals surface area contributed by atoms with Crippen LogP contribution >= 0.6 is 11.8 Å². The number of thioether (sulfide) groups is 1. The Bertz CT molecular complexity index is 514. The first kappa shape index (κ1) is 17.3. The predicted molar refractivity (Wildman–Crippen MR) is 83.7 cm³/mol. The highest BCUT2D eigenvalue weighted by Gasteiger charge is 2.17. The Morgan fingerprint density at radius 3 is 2.81 bits per heavy atom. The maximum Gasteiger partial charge on any atom is 0.325 e. The summed E-state index contributed by atoms with van der Waals surface area (Å²) in [6.07, 6.45) is 1.92. The van der Waals surface area contributed by atoms with Gasteiger partial charge < -0.3 is 14.4 Å². The number of benzene rings is 1. The summed E-state index contributed by atoms with van der Waals surface area (Å²) in [6.45, 7) is 3.19. The van der Waals surface area contributed by atoms with Gasteiger partial charge >= 0.3 is 5.97 Å². The van der Waals surface area contributed by atoms with Crippen LogP contribution in [0.5, 0.6) is 0 Å². The van der Waals surface area contributed by atoms with Crippen molar-refractivity contribution in [3.63, 3.8) is 0 Å². The highest BCUT2D eigenvalue weighted by atomic mass is 32.2. The van der Waals surface area contributed by atoms with E-state index in [9.17, 15) is 10.1 Å². The largest absolute Gasteiger partial charge is 0.465 e. The second-order valence-corrected chi connectivity index (χ2v) is 5.03. The highest BCUT2D eigenvalue weighted by molar-refractivity contribution is 7.98. The lowest BCUT2D eigenvalue weighted by molar-refractivity contribution is -0.141. The summed E-state index contributed by atoms with van der Waals surface area (Å²) in [5, 5.41) is 9.40. The Labute approximate surface area is 129 Å². The van der Waals surface area contributed by atoms with Gasteiger partial charge in [-0.15, -0.1) is 11.8 Å². The molecule has 0 unspecified atom stereocenters. The first-order chi connectivity index (χ1) is 10.2. The lowest BCUT2D eigenvalue weighted by Crippen LogP contribution is -2.34. The molecule has 0 aliphatic rings.